The molecule has 0 aliphatic carbocycles. The molecule has 1 rings (SSSR count). The molecule has 0 radical (unpaired) electrons. The van der Waals surface area contributed by atoms with Crippen LogP contribution in [0.15, 0.2) is 18.2 Å². The van der Waals surface area contributed by atoms with E-state index in [-0.39, 0.29) is 17.0 Å². The lowest BCUT2D eigenvalue weighted by atomic mass is 10.1. The van der Waals surface area contributed by atoms with Crippen LogP contribution in [0.3, 0.4) is 0 Å². The number of nitrogens with one attached hydrogen (secondary N) is 1. The SMILES string of the molecule is CSC(C)CCNC(=O)c1cc(O)ccc1[N+](=O)[O-]. The van der Waals surface area contributed by atoms with Gasteiger partial charge < -0.3 is 10.4 Å². The van der Waals surface area contributed by atoms with Gasteiger partial charge >= 0.3 is 0 Å². The van der Waals surface area contributed by atoms with Crippen molar-refractivity contribution in [2.75, 3.05) is 12.8 Å². The maximum Gasteiger partial charge on any atom is 0.282 e. The van der Waals surface area contributed by atoms with Crippen LogP contribution >= 0.6 is 11.8 Å². The van der Waals surface area contributed by atoms with E-state index in [0.717, 1.165) is 18.6 Å². The highest BCUT2D eigenvalue weighted by Crippen LogP contribution is 2.23. The molecule has 0 fully saturated rings. The molecule has 0 saturated heterocycles. The molecule has 19 heavy (non-hydrogen) atoms. The normalized spacial score (nSPS) is 11.9. The summed E-state index contributed by atoms with van der Waals surface area (Å²) >= 11 is 1.68. The minimum atomic E-state index is -0.640. The van der Waals surface area contributed by atoms with Crippen molar-refractivity contribution < 1.29 is 14.8 Å². The second-order valence-corrected chi connectivity index (χ2v) is 5.33. The zero-order chi connectivity index (χ0) is 14.4. The molecule has 1 amide bonds. The van der Waals surface area contributed by atoms with Crippen LogP contribution in [0, 0.1) is 10.1 Å². The number of thioether (sulfide) groups is 1. The Morgan fingerprint density at radius 2 is 2.26 bits per heavy atom. The van der Waals surface area contributed by atoms with E-state index in [1.165, 1.54) is 6.07 Å². The standard InChI is InChI=1S/C12H16N2O4S/c1-8(19-2)5-6-13-12(16)10-7-9(15)3-4-11(10)14(17)18/h3-4,7-8,15H,5-6H2,1-2H3,(H,13,16). The lowest BCUT2D eigenvalue weighted by Crippen LogP contribution is -2.26. The molecule has 1 aromatic rings. The molecule has 7 heteroatoms. The number of carbonyl (C=O) groups is 1. The number of nitro groups is 1. The zero-order valence-electron chi connectivity index (χ0n) is 10.8. The summed E-state index contributed by atoms with van der Waals surface area (Å²) in [5.41, 5.74) is -0.435. The topological polar surface area (TPSA) is 92.5 Å². The van der Waals surface area contributed by atoms with Crippen LogP contribution in [0.2, 0.25) is 0 Å². The monoisotopic (exact) mass is 284 g/mol. The predicted molar refractivity (Wildman–Crippen MR) is 74.7 cm³/mol. The number of carbonyl (C=O) groups excluding carboxylic acids is 1. The number of hydrogen-bond acceptors (Lipinski definition) is 5. The van der Waals surface area contributed by atoms with Gasteiger partial charge in [0.15, 0.2) is 0 Å². The Labute approximate surface area is 115 Å². The summed E-state index contributed by atoms with van der Waals surface area (Å²) < 4.78 is 0. The van der Waals surface area contributed by atoms with Crippen LogP contribution in [0.5, 0.6) is 5.75 Å². The van der Waals surface area contributed by atoms with Crippen LogP contribution in [-0.4, -0.2) is 34.0 Å². The van der Waals surface area contributed by atoms with Crippen LogP contribution in [0.4, 0.5) is 5.69 Å². The van der Waals surface area contributed by atoms with E-state index in [4.69, 9.17) is 0 Å². The lowest BCUT2D eigenvalue weighted by molar-refractivity contribution is -0.385. The molecule has 6 nitrogen and oxygen atoms in total. The van der Waals surface area contributed by atoms with Gasteiger partial charge in [0.25, 0.3) is 11.6 Å². The van der Waals surface area contributed by atoms with Crippen LogP contribution in [-0.2, 0) is 0 Å². The molecule has 0 aliphatic rings. The van der Waals surface area contributed by atoms with E-state index in [2.05, 4.69) is 5.32 Å². The quantitative estimate of drug-likeness (QED) is 0.617. The fourth-order valence-electron chi connectivity index (χ4n) is 1.47. The number of amides is 1. The van der Waals surface area contributed by atoms with Crippen LogP contribution in [0.1, 0.15) is 23.7 Å². The molecule has 0 bridgehead atoms. The molecule has 0 heterocycles. The average Bonchev–Trinajstić information content (AvgIpc) is 2.37. The highest BCUT2D eigenvalue weighted by molar-refractivity contribution is 7.99. The molecule has 1 unspecified atom stereocenters. The highest BCUT2D eigenvalue weighted by atomic mass is 32.2. The largest absolute Gasteiger partial charge is 0.508 e. The number of aromatic hydroxyl groups is 1. The molecular weight excluding hydrogens is 268 g/mol. The van der Waals surface area contributed by atoms with E-state index >= 15 is 0 Å². The second-order valence-electron chi connectivity index (χ2n) is 4.05. The van der Waals surface area contributed by atoms with Crippen molar-refractivity contribution in [3.63, 3.8) is 0 Å². The summed E-state index contributed by atoms with van der Waals surface area (Å²) in [4.78, 5) is 22.0. The van der Waals surface area contributed by atoms with Crippen molar-refractivity contribution >= 4 is 23.4 Å². The first-order chi connectivity index (χ1) is 8.95. The fraction of sp³-hybridized carbons (Fsp3) is 0.417. The van der Waals surface area contributed by atoms with E-state index < -0.39 is 10.8 Å². The first-order valence-electron chi connectivity index (χ1n) is 5.74. The van der Waals surface area contributed by atoms with Crippen molar-refractivity contribution in [2.45, 2.75) is 18.6 Å². The lowest BCUT2D eigenvalue weighted by Gasteiger charge is -2.09. The van der Waals surface area contributed by atoms with Crippen molar-refractivity contribution in [3.05, 3.63) is 33.9 Å². The molecule has 2 N–H and O–H groups in total. The summed E-state index contributed by atoms with van der Waals surface area (Å²) in [5.74, 6) is -0.718. The number of benzene rings is 1. The van der Waals surface area contributed by atoms with Gasteiger partial charge in [0.1, 0.15) is 11.3 Å². The smallest absolute Gasteiger partial charge is 0.282 e. The number of hydrogen-bond donors (Lipinski definition) is 2. The van der Waals surface area contributed by atoms with E-state index in [1.54, 1.807) is 11.8 Å². The first-order valence-corrected chi connectivity index (χ1v) is 7.03. The maximum absolute atomic E-state index is 11.9. The third-order valence-electron chi connectivity index (χ3n) is 2.66. The van der Waals surface area contributed by atoms with E-state index in [9.17, 15) is 20.0 Å². The van der Waals surface area contributed by atoms with Gasteiger partial charge in [-0.15, -0.1) is 0 Å². The number of nitro benzene ring substituents is 1. The van der Waals surface area contributed by atoms with Gasteiger partial charge in [-0.2, -0.15) is 11.8 Å². The summed E-state index contributed by atoms with van der Waals surface area (Å²) in [7, 11) is 0. The molecule has 0 spiro atoms. The van der Waals surface area contributed by atoms with Crippen molar-refractivity contribution in [2.24, 2.45) is 0 Å². The van der Waals surface area contributed by atoms with Crippen molar-refractivity contribution in [1.82, 2.24) is 5.32 Å². The Balaban J connectivity index is 2.76. The van der Waals surface area contributed by atoms with Crippen molar-refractivity contribution in [1.29, 1.82) is 0 Å². The zero-order valence-corrected chi connectivity index (χ0v) is 11.6. The summed E-state index contributed by atoms with van der Waals surface area (Å²) in [6.07, 6.45) is 2.76. The average molecular weight is 284 g/mol. The Hall–Kier alpha value is -1.76. The van der Waals surface area contributed by atoms with Crippen LogP contribution < -0.4 is 5.32 Å². The van der Waals surface area contributed by atoms with Gasteiger partial charge in [-0.1, -0.05) is 6.92 Å². The summed E-state index contributed by atoms with van der Waals surface area (Å²) in [6, 6.07) is 3.41. The van der Waals surface area contributed by atoms with Gasteiger partial charge in [-0.25, -0.2) is 0 Å². The number of phenolic OH excluding ortho intramolecular Hbond substituents is 1. The number of nitrogens with zero attached hydrogens (tertiary/aromatic N) is 1. The van der Waals surface area contributed by atoms with E-state index in [1.807, 2.05) is 13.2 Å². The molecule has 0 saturated carbocycles. The van der Waals surface area contributed by atoms with Crippen molar-refractivity contribution in [3.8, 4) is 5.75 Å². The van der Waals surface area contributed by atoms with E-state index in [0.29, 0.717) is 11.8 Å². The Morgan fingerprint density at radius 1 is 1.58 bits per heavy atom. The maximum atomic E-state index is 11.9. The Morgan fingerprint density at radius 3 is 2.84 bits per heavy atom. The third-order valence-corrected chi connectivity index (χ3v) is 3.70. The minimum absolute atomic E-state index is 0.123. The fourth-order valence-corrected chi connectivity index (χ4v) is 1.82. The predicted octanol–water partition coefficient (Wildman–Crippen LogP) is 2.17. The molecule has 0 aromatic heterocycles. The molecule has 104 valence electrons. The number of phenols is 1. The first kappa shape index (κ1) is 15.3. The second kappa shape index (κ2) is 6.98. The Bertz CT molecular complexity index is 479. The molecule has 1 aromatic carbocycles. The molecule has 0 aliphatic heterocycles. The van der Waals surface area contributed by atoms with Gasteiger partial charge in [0.2, 0.25) is 0 Å². The summed E-state index contributed by atoms with van der Waals surface area (Å²) in [5, 5.41) is 23.1. The molecule has 1 atom stereocenters. The van der Waals surface area contributed by atoms with Gasteiger partial charge in [-0.05, 0) is 24.8 Å². The summed E-state index contributed by atoms with van der Waals surface area (Å²) in [6.45, 7) is 2.47. The number of rotatable bonds is 6. The van der Waals surface area contributed by atoms with Gasteiger partial charge in [0, 0.05) is 17.9 Å². The highest BCUT2D eigenvalue weighted by Gasteiger charge is 2.20. The third kappa shape index (κ3) is 4.44. The van der Waals surface area contributed by atoms with Gasteiger partial charge in [-0.3, -0.25) is 14.9 Å². The van der Waals surface area contributed by atoms with Gasteiger partial charge in [0.05, 0.1) is 4.92 Å². The molecular formula is C12H16N2O4S. The Kier molecular flexibility index (Phi) is 5.62. The van der Waals surface area contributed by atoms with Crippen LogP contribution in [0.25, 0.3) is 0 Å². The minimum Gasteiger partial charge on any atom is -0.508 e.